The molecule has 4 nitrogen and oxygen atoms in total. The first kappa shape index (κ1) is 38.4. The lowest BCUT2D eigenvalue weighted by molar-refractivity contribution is 0.447. The molecule has 2 aliphatic heterocycles. The average Bonchev–Trinajstić information content (AvgIpc) is 3.47. The molecule has 2 N–H and O–H groups in total. The molecule has 3 aromatic rings. The van der Waals surface area contributed by atoms with Gasteiger partial charge in [-0.25, -0.2) is 0 Å². The van der Waals surface area contributed by atoms with E-state index in [4.69, 9.17) is 10.7 Å². The first-order valence-electron chi connectivity index (χ1n) is 16.6. The fraction of sp³-hybridized carbons (Fsp3) is 0.450. The smallest absolute Gasteiger partial charge is 0.130 e. The van der Waals surface area contributed by atoms with Crippen LogP contribution < -0.4 is 5.73 Å². The Morgan fingerprint density at radius 1 is 0.886 bits per heavy atom. The molecule has 0 saturated heterocycles. The molecule has 1 unspecified atom stereocenters. The van der Waals surface area contributed by atoms with E-state index >= 15 is 0 Å². The molecular weight excluding hydrogens is 536 g/mol. The van der Waals surface area contributed by atoms with Gasteiger partial charge in [0.1, 0.15) is 5.84 Å². The topological polar surface area (TPSA) is 54.5 Å². The van der Waals surface area contributed by atoms with Crippen molar-refractivity contribution in [2.24, 2.45) is 10.9 Å². The van der Waals surface area contributed by atoms with E-state index in [0.717, 1.165) is 17.7 Å². The molecule has 0 spiro atoms. The summed E-state index contributed by atoms with van der Waals surface area (Å²) in [5.74, 6) is 2.83. The number of hydrogen-bond acceptors (Lipinski definition) is 4. The van der Waals surface area contributed by atoms with Crippen LogP contribution in [-0.2, 0) is 0 Å². The fourth-order valence-corrected chi connectivity index (χ4v) is 4.88. The van der Waals surface area contributed by atoms with E-state index in [1.165, 1.54) is 39.2 Å². The van der Waals surface area contributed by atoms with Crippen LogP contribution >= 0.6 is 0 Å². The number of nitrogens with zero attached hydrogens (tertiary/aromatic N) is 3. The summed E-state index contributed by atoms with van der Waals surface area (Å²) >= 11 is 0. The SMILES string of the molecule is C/C=C/c1c(N)cccc1C(C)C.CC.CC.CC1=CC=CN2CC(C(C)C)N=C12.Cc1cc(C(C)C)nc2ccccc12. The van der Waals surface area contributed by atoms with Gasteiger partial charge >= 0.3 is 0 Å². The number of anilines is 1. The number of para-hydroxylation sites is 1. The predicted octanol–water partition coefficient (Wildman–Crippen LogP) is 11.3. The highest BCUT2D eigenvalue weighted by Crippen LogP contribution is 2.26. The minimum atomic E-state index is 0.473. The predicted molar refractivity (Wildman–Crippen MR) is 199 cm³/mol. The Labute approximate surface area is 269 Å². The van der Waals surface area contributed by atoms with Crippen LogP contribution in [0.4, 0.5) is 5.69 Å². The van der Waals surface area contributed by atoms with E-state index in [-0.39, 0.29) is 0 Å². The standard InChI is InChI=1S/C13H15N.C12H17N.C11H16N2.2C2H6/c1-9(2)13-8-10(3)11-6-4-5-7-12(11)14-13;1-4-6-11-10(9(2)3)7-5-8-12(11)13;1-8(2)10-7-13-6-4-5-9(3)11(13)12-10;2*1-2/h4-9H,1-3H3;4-9H,13H2,1-3H3;4-6,8,10H,7H2,1-3H3;2*1-2H3/b;6-4+;;;. The highest BCUT2D eigenvalue weighted by Gasteiger charge is 2.27. The summed E-state index contributed by atoms with van der Waals surface area (Å²) < 4.78 is 0. The third-order valence-electron chi connectivity index (χ3n) is 7.34. The van der Waals surface area contributed by atoms with Crippen molar-refractivity contribution in [2.45, 2.75) is 108 Å². The minimum Gasteiger partial charge on any atom is -0.398 e. The zero-order valence-electron chi connectivity index (χ0n) is 29.9. The summed E-state index contributed by atoms with van der Waals surface area (Å²) in [4.78, 5) is 11.6. The Kier molecular flexibility index (Phi) is 17.1. The van der Waals surface area contributed by atoms with Crippen LogP contribution in [0.5, 0.6) is 0 Å². The second kappa shape index (κ2) is 19.6. The van der Waals surface area contributed by atoms with E-state index in [1.807, 2.05) is 58.9 Å². The lowest BCUT2D eigenvalue weighted by atomic mass is 9.96. The molecule has 2 aliphatic rings. The maximum atomic E-state index is 5.89. The molecule has 0 radical (unpaired) electrons. The molecular formula is C40H60N4. The number of rotatable bonds is 4. The van der Waals surface area contributed by atoms with E-state index in [1.54, 1.807) is 0 Å². The highest BCUT2D eigenvalue weighted by atomic mass is 15.2. The van der Waals surface area contributed by atoms with Crippen molar-refractivity contribution in [2.75, 3.05) is 12.3 Å². The number of allylic oxidation sites excluding steroid dienone is 3. The number of amidine groups is 1. The van der Waals surface area contributed by atoms with Gasteiger partial charge in [-0.1, -0.05) is 118 Å². The van der Waals surface area contributed by atoms with Crippen molar-refractivity contribution in [1.29, 1.82) is 0 Å². The lowest BCUT2D eigenvalue weighted by Crippen LogP contribution is -2.27. The van der Waals surface area contributed by atoms with Gasteiger partial charge in [0.25, 0.3) is 0 Å². The summed E-state index contributed by atoms with van der Waals surface area (Å²) in [7, 11) is 0. The second-order valence-corrected chi connectivity index (χ2v) is 11.6. The molecule has 2 aromatic carbocycles. The number of aryl methyl sites for hydroxylation is 1. The molecule has 0 fully saturated rings. The Morgan fingerprint density at radius 2 is 1.55 bits per heavy atom. The molecule has 0 amide bonds. The van der Waals surface area contributed by atoms with Gasteiger partial charge < -0.3 is 10.6 Å². The van der Waals surface area contributed by atoms with Crippen LogP contribution in [0.1, 0.15) is 117 Å². The summed E-state index contributed by atoms with van der Waals surface area (Å²) in [5.41, 5.74) is 14.1. The molecule has 240 valence electrons. The first-order chi connectivity index (χ1) is 21.0. The van der Waals surface area contributed by atoms with Gasteiger partial charge in [-0.2, -0.15) is 0 Å². The van der Waals surface area contributed by atoms with Crippen LogP contribution in [-0.4, -0.2) is 28.3 Å². The maximum absolute atomic E-state index is 5.89. The van der Waals surface area contributed by atoms with Gasteiger partial charge in [-0.05, 0) is 79.5 Å². The number of benzene rings is 2. The van der Waals surface area contributed by atoms with Gasteiger partial charge in [-0.15, -0.1) is 0 Å². The zero-order chi connectivity index (χ0) is 33.4. The molecule has 4 heteroatoms. The van der Waals surface area contributed by atoms with Crippen LogP contribution in [0.3, 0.4) is 0 Å². The zero-order valence-corrected chi connectivity index (χ0v) is 29.9. The van der Waals surface area contributed by atoms with Gasteiger partial charge in [0.15, 0.2) is 0 Å². The van der Waals surface area contributed by atoms with Crippen molar-refractivity contribution < 1.29 is 0 Å². The number of aromatic nitrogens is 1. The summed E-state index contributed by atoms with van der Waals surface area (Å²) in [6.45, 7) is 28.5. The average molecular weight is 597 g/mol. The van der Waals surface area contributed by atoms with Crippen molar-refractivity contribution in [3.05, 3.63) is 101 Å². The van der Waals surface area contributed by atoms with Crippen LogP contribution in [0.2, 0.25) is 0 Å². The quantitative estimate of drug-likeness (QED) is 0.305. The summed E-state index contributed by atoms with van der Waals surface area (Å²) in [5, 5.41) is 1.26. The molecule has 0 aliphatic carbocycles. The van der Waals surface area contributed by atoms with E-state index < -0.39 is 0 Å². The van der Waals surface area contributed by atoms with E-state index in [2.05, 4.69) is 120 Å². The number of fused-ring (bicyclic) bond motifs is 2. The normalized spacial score (nSPS) is 14.9. The van der Waals surface area contributed by atoms with Crippen molar-refractivity contribution in [1.82, 2.24) is 9.88 Å². The Hall–Kier alpha value is -3.66. The van der Waals surface area contributed by atoms with Crippen molar-refractivity contribution in [3.8, 4) is 0 Å². The largest absolute Gasteiger partial charge is 0.398 e. The summed E-state index contributed by atoms with van der Waals surface area (Å²) in [6.07, 6.45) is 10.4. The molecule has 44 heavy (non-hydrogen) atoms. The summed E-state index contributed by atoms with van der Waals surface area (Å²) in [6, 6.07) is 17.1. The van der Waals surface area contributed by atoms with Crippen molar-refractivity contribution in [3.63, 3.8) is 0 Å². The Bertz CT molecular complexity index is 1410. The molecule has 1 aromatic heterocycles. The second-order valence-electron chi connectivity index (χ2n) is 11.6. The fourth-order valence-electron chi connectivity index (χ4n) is 4.88. The molecule has 0 bridgehead atoms. The number of nitrogens with two attached hydrogens (primary N) is 1. The Morgan fingerprint density at radius 3 is 2.11 bits per heavy atom. The maximum Gasteiger partial charge on any atom is 0.130 e. The molecule has 5 rings (SSSR count). The number of nitrogen functional groups attached to an aromatic ring is 1. The highest BCUT2D eigenvalue weighted by molar-refractivity contribution is 6.00. The third-order valence-corrected chi connectivity index (χ3v) is 7.34. The van der Waals surface area contributed by atoms with Crippen LogP contribution in [0.25, 0.3) is 17.0 Å². The van der Waals surface area contributed by atoms with Crippen molar-refractivity contribution >= 4 is 28.5 Å². The minimum absolute atomic E-state index is 0.473. The molecule has 0 saturated carbocycles. The van der Waals surface area contributed by atoms with Crippen LogP contribution in [0, 0.1) is 12.8 Å². The first-order valence-corrected chi connectivity index (χ1v) is 16.6. The van der Waals surface area contributed by atoms with E-state index in [0.29, 0.717) is 23.8 Å². The van der Waals surface area contributed by atoms with Gasteiger partial charge in [0.2, 0.25) is 0 Å². The van der Waals surface area contributed by atoms with Gasteiger partial charge in [-0.3, -0.25) is 9.98 Å². The van der Waals surface area contributed by atoms with E-state index in [9.17, 15) is 0 Å². The third kappa shape index (κ3) is 10.8. The number of aliphatic imine (C=N–C) groups is 1. The van der Waals surface area contributed by atoms with Gasteiger partial charge in [0.05, 0.1) is 11.6 Å². The number of hydrogen-bond donors (Lipinski definition) is 1. The Balaban J connectivity index is 0.000000312. The number of pyridine rings is 1. The van der Waals surface area contributed by atoms with Crippen LogP contribution in [0.15, 0.2) is 83.5 Å². The monoisotopic (exact) mass is 596 g/mol. The lowest BCUT2D eigenvalue weighted by Gasteiger charge is -2.19. The van der Waals surface area contributed by atoms with Gasteiger partial charge in [0, 0.05) is 35.1 Å². The molecule has 1 atom stereocenters. The molecule has 3 heterocycles.